The Hall–Kier alpha value is -0.200. The minimum absolute atomic E-state index is 0.0809. The Morgan fingerprint density at radius 3 is 2.88 bits per heavy atom. The van der Waals surface area contributed by atoms with E-state index in [2.05, 4.69) is 4.90 Å². The van der Waals surface area contributed by atoms with E-state index in [9.17, 15) is 5.11 Å². The molecule has 2 fully saturated rings. The summed E-state index contributed by atoms with van der Waals surface area (Å²) in [6.45, 7) is 4.89. The normalized spacial score (nSPS) is 42.2. The third-order valence-electron chi connectivity index (χ3n) is 3.47. The first-order chi connectivity index (χ1) is 7.72. The number of methoxy groups -OCH3 is 1. The molecule has 2 aliphatic rings. The van der Waals surface area contributed by atoms with Crippen LogP contribution in [-0.2, 0) is 14.2 Å². The van der Waals surface area contributed by atoms with Crippen molar-refractivity contribution in [3.8, 4) is 0 Å². The fraction of sp³-hybridized carbons (Fsp3) is 1.00. The van der Waals surface area contributed by atoms with Crippen LogP contribution in [0.2, 0.25) is 0 Å². The van der Waals surface area contributed by atoms with Crippen LogP contribution < -0.4 is 0 Å². The van der Waals surface area contributed by atoms with Gasteiger partial charge in [0.15, 0.2) is 6.29 Å². The summed E-state index contributed by atoms with van der Waals surface area (Å²) in [7, 11) is 1.65. The molecule has 0 aliphatic carbocycles. The first-order valence-electron chi connectivity index (χ1n) is 5.90. The van der Waals surface area contributed by atoms with Crippen LogP contribution in [0.4, 0.5) is 0 Å². The number of aliphatic hydroxyl groups is 1. The Bertz CT molecular complexity index is 226. The van der Waals surface area contributed by atoms with E-state index < -0.39 is 6.10 Å². The number of ether oxygens (including phenoxy) is 3. The molecule has 2 aliphatic heterocycles. The van der Waals surface area contributed by atoms with Crippen LogP contribution in [0.3, 0.4) is 0 Å². The van der Waals surface area contributed by atoms with Crippen LogP contribution >= 0.6 is 0 Å². The standard InChI is InChI=1S/C11H21NO4/c1-8-11(13)9(3-5-15-8)12-4-6-16-10(7-12)14-2/h8-11,13H,3-7H2,1-2H3/t8-,9-,10-,11+/m0/s1. The van der Waals surface area contributed by atoms with Crippen LogP contribution in [-0.4, -0.2) is 68.0 Å². The maximum Gasteiger partial charge on any atom is 0.169 e. The summed E-state index contributed by atoms with van der Waals surface area (Å²) in [5.41, 5.74) is 0. The average Bonchev–Trinajstić information content (AvgIpc) is 2.33. The molecule has 0 saturated carbocycles. The average molecular weight is 231 g/mol. The highest BCUT2D eigenvalue weighted by molar-refractivity contribution is 4.87. The molecule has 2 saturated heterocycles. The number of hydrogen-bond donors (Lipinski definition) is 1. The van der Waals surface area contributed by atoms with Gasteiger partial charge in [0, 0.05) is 32.8 Å². The lowest BCUT2D eigenvalue weighted by molar-refractivity contribution is -0.190. The molecule has 5 nitrogen and oxygen atoms in total. The van der Waals surface area contributed by atoms with Crippen molar-refractivity contribution in [3.63, 3.8) is 0 Å². The molecule has 2 heterocycles. The molecular formula is C11H21NO4. The van der Waals surface area contributed by atoms with Gasteiger partial charge < -0.3 is 19.3 Å². The van der Waals surface area contributed by atoms with Gasteiger partial charge in [0.1, 0.15) is 0 Å². The predicted octanol–water partition coefficient (Wildman–Crippen LogP) is -0.171. The van der Waals surface area contributed by atoms with Crippen molar-refractivity contribution in [1.29, 1.82) is 0 Å². The highest BCUT2D eigenvalue weighted by Gasteiger charge is 2.36. The van der Waals surface area contributed by atoms with Crippen molar-refractivity contribution in [2.45, 2.75) is 37.9 Å². The third kappa shape index (κ3) is 2.55. The molecule has 16 heavy (non-hydrogen) atoms. The summed E-state index contributed by atoms with van der Waals surface area (Å²) >= 11 is 0. The Kier molecular flexibility index (Phi) is 4.16. The maximum atomic E-state index is 10.1. The Labute approximate surface area is 96.3 Å². The van der Waals surface area contributed by atoms with Gasteiger partial charge in [-0.25, -0.2) is 0 Å². The van der Waals surface area contributed by atoms with E-state index in [1.54, 1.807) is 7.11 Å². The minimum atomic E-state index is -0.413. The molecule has 2 rings (SSSR count). The molecule has 94 valence electrons. The van der Waals surface area contributed by atoms with Gasteiger partial charge in [-0.2, -0.15) is 0 Å². The first-order valence-corrected chi connectivity index (χ1v) is 5.90. The van der Waals surface area contributed by atoms with Crippen molar-refractivity contribution in [2.24, 2.45) is 0 Å². The fourth-order valence-corrected chi connectivity index (χ4v) is 2.44. The monoisotopic (exact) mass is 231 g/mol. The lowest BCUT2D eigenvalue weighted by Gasteiger charge is -2.43. The van der Waals surface area contributed by atoms with Gasteiger partial charge in [0.2, 0.25) is 0 Å². The van der Waals surface area contributed by atoms with Gasteiger partial charge in [-0.05, 0) is 13.3 Å². The second kappa shape index (κ2) is 5.42. The van der Waals surface area contributed by atoms with E-state index >= 15 is 0 Å². The zero-order chi connectivity index (χ0) is 11.5. The van der Waals surface area contributed by atoms with Crippen molar-refractivity contribution in [3.05, 3.63) is 0 Å². The summed E-state index contributed by atoms with van der Waals surface area (Å²) in [5.74, 6) is 0. The largest absolute Gasteiger partial charge is 0.389 e. The van der Waals surface area contributed by atoms with Crippen LogP contribution in [0.5, 0.6) is 0 Å². The summed E-state index contributed by atoms with van der Waals surface area (Å²) in [5, 5.41) is 10.1. The van der Waals surface area contributed by atoms with Gasteiger partial charge in [-0.3, -0.25) is 4.90 Å². The molecule has 4 atom stereocenters. The van der Waals surface area contributed by atoms with Crippen LogP contribution in [0.25, 0.3) is 0 Å². The lowest BCUT2D eigenvalue weighted by Crippen LogP contribution is -2.57. The van der Waals surface area contributed by atoms with Gasteiger partial charge in [0.05, 0.1) is 18.8 Å². The second-order valence-electron chi connectivity index (χ2n) is 4.45. The van der Waals surface area contributed by atoms with E-state index in [1.165, 1.54) is 0 Å². The summed E-state index contributed by atoms with van der Waals surface area (Å²) < 4.78 is 16.1. The summed E-state index contributed by atoms with van der Waals surface area (Å²) in [6, 6.07) is 0.172. The van der Waals surface area contributed by atoms with E-state index in [0.717, 1.165) is 26.1 Å². The summed E-state index contributed by atoms with van der Waals surface area (Å²) in [4.78, 5) is 2.25. The molecule has 0 spiro atoms. The van der Waals surface area contributed by atoms with Gasteiger partial charge in [-0.15, -0.1) is 0 Å². The maximum absolute atomic E-state index is 10.1. The molecule has 0 aromatic carbocycles. The molecule has 0 aromatic rings. The van der Waals surface area contributed by atoms with E-state index in [4.69, 9.17) is 14.2 Å². The molecular weight excluding hydrogens is 210 g/mol. The SMILES string of the molecule is CO[C@@H]1CN([C@H]2CCO[C@@H](C)[C@H]2O)CCO1. The molecule has 0 unspecified atom stereocenters. The minimum Gasteiger partial charge on any atom is -0.389 e. The van der Waals surface area contributed by atoms with E-state index in [0.29, 0.717) is 6.61 Å². The fourth-order valence-electron chi connectivity index (χ4n) is 2.44. The quantitative estimate of drug-likeness (QED) is 0.715. The Morgan fingerprint density at radius 1 is 1.31 bits per heavy atom. The van der Waals surface area contributed by atoms with Crippen molar-refractivity contribution >= 4 is 0 Å². The van der Waals surface area contributed by atoms with E-state index in [-0.39, 0.29) is 18.4 Å². The highest BCUT2D eigenvalue weighted by Crippen LogP contribution is 2.22. The molecule has 0 aromatic heterocycles. The second-order valence-corrected chi connectivity index (χ2v) is 4.45. The number of morpholine rings is 1. The molecule has 5 heteroatoms. The number of nitrogens with zero attached hydrogens (tertiary/aromatic N) is 1. The Balaban J connectivity index is 1.94. The number of aliphatic hydroxyl groups excluding tert-OH is 1. The van der Waals surface area contributed by atoms with Gasteiger partial charge >= 0.3 is 0 Å². The van der Waals surface area contributed by atoms with Crippen molar-refractivity contribution in [2.75, 3.05) is 33.4 Å². The van der Waals surface area contributed by atoms with Crippen LogP contribution in [0.1, 0.15) is 13.3 Å². The van der Waals surface area contributed by atoms with Crippen LogP contribution in [0, 0.1) is 0 Å². The Morgan fingerprint density at radius 2 is 2.12 bits per heavy atom. The lowest BCUT2D eigenvalue weighted by atomic mass is 9.98. The van der Waals surface area contributed by atoms with Gasteiger partial charge in [0.25, 0.3) is 0 Å². The molecule has 1 N–H and O–H groups in total. The van der Waals surface area contributed by atoms with E-state index in [1.807, 2.05) is 6.92 Å². The van der Waals surface area contributed by atoms with Crippen molar-refractivity contribution < 1.29 is 19.3 Å². The van der Waals surface area contributed by atoms with Crippen molar-refractivity contribution in [1.82, 2.24) is 4.90 Å². The molecule has 0 radical (unpaired) electrons. The van der Waals surface area contributed by atoms with Gasteiger partial charge in [-0.1, -0.05) is 0 Å². The summed E-state index contributed by atoms with van der Waals surface area (Å²) in [6.07, 6.45) is 0.216. The highest BCUT2D eigenvalue weighted by atomic mass is 16.7. The zero-order valence-corrected chi connectivity index (χ0v) is 9.96. The third-order valence-corrected chi connectivity index (χ3v) is 3.47. The first kappa shape index (κ1) is 12.3. The predicted molar refractivity (Wildman–Crippen MR) is 58.1 cm³/mol. The van der Waals surface area contributed by atoms with Crippen LogP contribution in [0.15, 0.2) is 0 Å². The number of rotatable bonds is 2. The molecule has 0 amide bonds. The smallest absolute Gasteiger partial charge is 0.169 e. The zero-order valence-electron chi connectivity index (χ0n) is 9.96. The molecule has 0 bridgehead atoms. The topological polar surface area (TPSA) is 51.2 Å². The number of hydrogen-bond acceptors (Lipinski definition) is 5.